The summed E-state index contributed by atoms with van der Waals surface area (Å²) in [5, 5.41) is 19.2. The van der Waals surface area contributed by atoms with Crippen LogP contribution in [0.2, 0.25) is 0 Å². The van der Waals surface area contributed by atoms with Crippen LogP contribution in [0, 0.1) is 81.8 Å². The average molecular weight is 858 g/mol. The van der Waals surface area contributed by atoms with E-state index in [9.17, 15) is 14.8 Å². The summed E-state index contributed by atoms with van der Waals surface area (Å²) < 4.78 is 47.2. The molecule has 2 heterocycles. The van der Waals surface area contributed by atoms with Crippen LogP contribution in [0.1, 0.15) is 14.7 Å². The maximum atomic E-state index is 12.7. The van der Waals surface area contributed by atoms with Crippen molar-refractivity contribution in [3.63, 3.8) is 0 Å². The van der Waals surface area contributed by atoms with E-state index < -0.39 is 44.7 Å². The number of allylic oxidation sites excluding steroid dienone is 3. The van der Waals surface area contributed by atoms with E-state index in [1.165, 1.54) is 13.3 Å². The van der Waals surface area contributed by atoms with Crippen LogP contribution >= 0.6 is 7.60 Å². The van der Waals surface area contributed by atoms with Crippen LogP contribution in [0.5, 0.6) is 0 Å². The van der Waals surface area contributed by atoms with E-state index in [4.69, 9.17) is 24.6 Å². The Morgan fingerprint density at radius 1 is 1.39 bits per heavy atom. The zero-order valence-corrected chi connectivity index (χ0v) is 25.9. The molecule has 1 radical (unpaired) electrons. The van der Waals surface area contributed by atoms with Crippen molar-refractivity contribution in [3.05, 3.63) is 30.9 Å². The van der Waals surface area contributed by atoms with Crippen LogP contribution in [0.4, 0.5) is 0 Å². The summed E-state index contributed by atoms with van der Waals surface area (Å²) in [6.45, 7) is 3.57. The van der Waals surface area contributed by atoms with Gasteiger partial charge in [0.25, 0.3) is 0 Å². The summed E-state index contributed by atoms with van der Waals surface area (Å²) in [6, 6.07) is 0. The minimum absolute atomic E-state index is 0. The predicted octanol–water partition coefficient (Wildman–Crippen LogP) is 1.43. The first kappa shape index (κ1) is 28.0. The fourth-order valence-corrected chi connectivity index (χ4v) is 3.67. The number of ether oxygens (including phenoxy) is 3. The first-order chi connectivity index (χ1) is 12.9. The Bertz CT molecular complexity index is 570. The summed E-state index contributed by atoms with van der Waals surface area (Å²) in [5.41, 5.74) is 0. The van der Waals surface area contributed by atoms with Gasteiger partial charge in [-0.3, -0.25) is 4.57 Å². The molecule has 28 heavy (non-hydrogen) atoms. The van der Waals surface area contributed by atoms with E-state index in [1.807, 2.05) is 25.2 Å². The largest absolute Gasteiger partial charge is 0.544 e. The molecule has 157 valence electrons. The number of hydrogen-bond acceptors (Lipinski definition) is 8. The van der Waals surface area contributed by atoms with Gasteiger partial charge >= 0.3 is 7.60 Å². The van der Waals surface area contributed by atoms with Gasteiger partial charge < -0.3 is 33.5 Å². The van der Waals surface area contributed by atoms with Gasteiger partial charge in [0.05, 0.1) is 39.5 Å². The van der Waals surface area contributed by atoms with Crippen molar-refractivity contribution >= 4 is 7.60 Å². The summed E-state index contributed by atoms with van der Waals surface area (Å²) >= 11 is 0. The van der Waals surface area contributed by atoms with Gasteiger partial charge in [-0.15, -0.1) is 0 Å². The van der Waals surface area contributed by atoms with Crippen LogP contribution < -0.4 is 0 Å². The summed E-state index contributed by atoms with van der Waals surface area (Å²) in [7, 11) is -3.55. The van der Waals surface area contributed by atoms with E-state index in [0.717, 1.165) is 0 Å². The van der Waals surface area contributed by atoms with Crippen LogP contribution in [0.25, 0.3) is 0 Å². The molecule has 11 heteroatoms. The van der Waals surface area contributed by atoms with Crippen molar-refractivity contribution in [1.29, 1.82) is 0 Å². The second-order valence-corrected chi connectivity index (χ2v) is 8.04. The average Bonchev–Trinajstić information content (AvgIpc) is 3.14. The Kier molecular flexibility index (Phi) is 15.7. The Morgan fingerprint density at radius 3 is 2.75 bits per heavy atom. The summed E-state index contributed by atoms with van der Waals surface area (Å²) in [5.74, 6) is 0. The molecule has 0 aromatic carbocycles. The van der Waals surface area contributed by atoms with Crippen molar-refractivity contribution in [2.45, 2.75) is 43.9 Å². The minimum Gasteiger partial charge on any atom is -0.544 e. The molecular formula is C17H28AcO8PU-. The smallest absolute Gasteiger partial charge is 0.328 e. The molecule has 0 aromatic rings. The fraction of sp³-hybridized carbons (Fsp3) is 0.706. The molecule has 2 rings (SSSR count). The van der Waals surface area contributed by atoms with Crippen molar-refractivity contribution in [1.82, 2.24) is 0 Å². The molecule has 0 aromatic heterocycles. The third-order valence-electron chi connectivity index (χ3n) is 3.91. The van der Waals surface area contributed by atoms with Gasteiger partial charge in [-0.2, -0.15) is 6.61 Å². The maximum absolute atomic E-state index is 12.7. The fourth-order valence-electron chi connectivity index (χ4n) is 2.50. The molecule has 0 spiro atoms. The monoisotopic (exact) mass is 858 g/mol. The van der Waals surface area contributed by atoms with Crippen molar-refractivity contribution in [2.24, 2.45) is 0 Å². The Balaban J connectivity index is 0.00000392. The Morgan fingerprint density at radius 2 is 2.14 bits per heavy atom. The van der Waals surface area contributed by atoms with Crippen molar-refractivity contribution in [3.8, 4) is 0 Å². The molecule has 3 unspecified atom stereocenters. The van der Waals surface area contributed by atoms with Crippen LogP contribution in [0.3, 0.4) is 0 Å². The van der Waals surface area contributed by atoms with Crippen LogP contribution in [-0.2, 0) is 27.8 Å². The number of aliphatic hydroxyl groups excluding tert-OH is 2. The second kappa shape index (κ2) is 15.7. The first-order valence-corrected chi connectivity index (χ1v) is 10.5. The molecule has 2 saturated heterocycles. The van der Waals surface area contributed by atoms with Gasteiger partial charge in [-0.1, -0.05) is 24.3 Å². The molecule has 0 bridgehead atoms. The van der Waals surface area contributed by atoms with E-state index in [1.54, 1.807) is 6.08 Å². The molecule has 2 fully saturated rings. The zero-order chi connectivity index (χ0) is 19.9. The molecule has 2 aliphatic rings. The summed E-state index contributed by atoms with van der Waals surface area (Å²) in [4.78, 5) is 0. The van der Waals surface area contributed by atoms with Gasteiger partial charge in [0.2, 0.25) is 0 Å². The van der Waals surface area contributed by atoms with Gasteiger partial charge in [0, 0.05) is 88.4 Å². The second-order valence-electron chi connectivity index (χ2n) is 6.03. The Hall–Kier alpha value is 1.92. The van der Waals surface area contributed by atoms with Crippen molar-refractivity contribution in [2.75, 3.05) is 33.1 Å². The topological polar surface area (TPSA) is 104 Å². The summed E-state index contributed by atoms with van der Waals surface area (Å²) in [6.07, 6.45) is 3.82. The molecule has 8 nitrogen and oxygen atoms in total. The standard InChI is InChI=1S/C17H28O8P.Ac.U/c1-3-4-5-6-8-21-16-11-23-14(10-18)17(16)25-26(2,20)24-12-15-13(19)7-9-22-15;;/h3-6,11,13-19H,7-10,12H2,1-2H3;;/q-1;;/b4-3+,6-5+;;/t13-,14-,15-,16?,17+,26?;;/m1../s1/i9T;;/t9?,13-,14-,15-,16?,17+,26?;;. The van der Waals surface area contributed by atoms with Gasteiger partial charge in [0.1, 0.15) is 6.10 Å². The molecule has 7 atom stereocenters. The van der Waals surface area contributed by atoms with E-state index in [2.05, 4.69) is 0 Å². The molecule has 0 amide bonds. The third-order valence-corrected chi connectivity index (χ3v) is 5.15. The van der Waals surface area contributed by atoms with E-state index >= 15 is 0 Å². The zero-order valence-electron chi connectivity index (χ0n) is 17.0. The van der Waals surface area contributed by atoms with Crippen molar-refractivity contribution < 1.29 is 115 Å². The van der Waals surface area contributed by atoms with Crippen LogP contribution in [0.15, 0.2) is 24.3 Å². The van der Waals surface area contributed by atoms with Gasteiger partial charge in [0.15, 0.2) is 0 Å². The number of rotatable bonds is 10. The van der Waals surface area contributed by atoms with E-state index in [0.29, 0.717) is 0 Å². The SMILES string of the molecule is [3H]C1C[C@@H](O)[C@@H](COP(C)(=O)O[C@@H]2C(OC/C=C/C=C/C)[CH-]O[C@@H]2CO)O1.[Ac].[U]. The maximum Gasteiger partial charge on any atom is 0.328 e. The van der Waals surface area contributed by atoms with E-state index in [-0.39, 0.29) is 101 Å². The van der Waals surface area contributed by atoms with Gasteiger partial charge in [-0.25, -0.2) is 0 Å². The molecule has 2 aliphatic heterocycles. The van der Waals surface area contributed by atoms with Crippen LogP contribution in [-0.4, -0.2) is 73.8 Å². The predicted molar refractivity (Wildman–Crippen MR) is 94.7 cm³/mol. The third kappa shape index (κ3) is 10.0. The molecule has 2 N–H and O–H groups in total. The molecule has 0 aliphatic carbocycles. The molecule has 0 saturated carbocycles. The quantitative estimate of drug-likeness (QED) is 0.194. The van der Waals surface area contributed by atoms with Gasteiger partial charge in [-0.05, 0) is 19.4 Å². The first-order valence-electron chi connectivity index (χ1n) is 9.09. The normalized spacial score (nSPS) is 35.5. The minimum atomic E-state index is -3.55. The molecular weight excluding hydrogens is 828 g/mol. The number of hydrogen-bond donors (Lipinski definition) is 2. The Labute approximate surface area is 227 Å². The number of aliphatic hydroxyl groups is 2.